The highest BCUT2D eigenvalue weighted by Gasteiger charge is 2.15. The van der Waals surface area contributed by atoms with Crippen LogP contribution in [-0.4, -0.2) is 53.9 Å². The number of rotatable bonds is 8. The van der Waals surface area contributed by atoms with Gasteiger partial charge in [0.2, 0.25) is 0 Å². The topological polar surface area (TPSA) is 92.6 Å². The molecule has 0 spiro atoms. The molecule has 8 nitrogen and oxygen atoms in total. The summed E-state index contributed by atoms with van der Waals surface area (Å²) >= 11 is 0. The van der Waals surface area contributed by atoms with Crippen molar-refractivity contribution in [1.82, 2.24) is 25.5 Å². The number of guanidine groups is 1. The average molecular weight is 389 g/mol. The monoisotopic (exact) mass is 388 g/mol. The van der Waals surface area contributed by atoms with Gasteiger partial charge in [0.05, 0.1) is 17.4 Å². The maximum Gasteiger partial charge on any atom is 0.407 e. The molecule has 0 radical (unpaired) electrons. The Kier molecular flexibility index (Phi) is 8.10. The van der Waals surface area contributed by atoms with E-state index in [1.807, 2.05) is 45.3 Å². The van der Waals surface area contributed by atoms with Gasteiger partial charge in [-0.1, -0.05) is 12.1 Å². The standard InChI is InChI=1S/C20H32N6O2/c1-20(2,3)28-19(27)24-12-7-11-22-18(21-4)23-13-8-14-26-15-25-16-9-5-6-10-17(16)26/h5-6,9-10,15H,7-8,11-14H2,1-4H3,(H,24,27)(H2,21,22,23). The van der Waals surface area contributed by atoms with Crippen molar-refractivity contribution in [2.24, 2.45) is 4.99 Å². The van der Waals surface area contributed by atoms with Crippen molar-refractivity contribution in [2.75, 3.05) is 26.7 Å². The Morgan fingerprint density at radius 3 is 2.50 bits per heavy atom. The summed E-state index contributed by atoms with van der Waals surface area (Å²) in [6.45, 7) is 8.50. The fourth-order valence-corrected chi connectivity index (χ4v) is 2.67. The number of hydrogen-bond donors (Lipinski definition) is 3. The molecule has 1 amide bonds. The summed E-state index contributed by atoms with van der Waals surface area (Å²) in [5.74, 6) is 0.757. The van der Waals surface area contributed by atoms with Gasteiger partial charge in [0.1, 0.15) is 5.60 Å². The number of nitrogens with one attached hydrogen (secondary N) is 3. The summed E-state index contributed by atoms with van der Waals surface area (Å²) in [5.41, 5.74) is 1.70. The molecule has 0 saturated heterocycles. The maximum atomic E-state index is 11.6. The summed E-state index contributed by atoms with van der Waals surface area (Å²) < 4.78 is 7.36. The number of para-hydroxylation sites is 2. The van der Waals surface area contributed by atoms with Crippen LogP contribution in [0.4, 0.5) is 4.79 Å². The molecule has 0 unspecified atom stereocenters. The van der Waals surface area contributed by atoms with Gasteiger partial charge < -0.3 is 25.3 Å². The molecule has 2 aromatic rings. The number of fused-ring (bicyclic) bond motifs is 1. The molecule has 2 rings (SSSR count). The van der Waals surface area contributed by atoms with Gasteiger partial charge in [0.25, 0.3) is 0 Å². The van der Waals surface area contributed by atoms with Crippen molar-refractivity contribution >= 4 is 23.1 Å². The van der Waals surface area contributed by atoms with E-state index in [4.69, 9.17) is 4.74 Å². The van der Waals surface area contributed by atoms with Crippen LogP contribution in [0.25, 0.3) is 11.0 Å². The van der Waals surface area contributed by atoms with Gasteiger partial charge in [-0.15, -0.1) is 0 Å². The molecule has 0 aliphatic rings. The van der Waals surface area contributed by atoms with E-state index in [9.17, 15) is 4.79 Å². The van der Waals surface area contributed by atoms with Crippen LogP contribution < -0.4 is 16.0 Å². The van der Waals surface area contributed by atoms with Crippen molar-refractivity contribution in [1.29, 1.82) is 0 Å². The summed E-state index contributed by atoms with van der Waals surface area (Å²) in [6.07, 6.45) is 3.24. The van der Waals surface area contributed by atoms with Gasteiger partial charge in [0.15, 0.2) is 5.96 Å². The number of ether oxygens (including phenoxy) is 1. The molecule has 0 atom stereocenters. The third-order valence-electron chi connectivity index (χ3n) is 3.93. The van der Waals surface area contributed by atoms with Gasteiger partial charge in [-0.05, 0) is 45.7 Å². The predicted molar refractivity (Wildman–Crippen MR) is 113 cm³/mol. The lowest BCUT2D eigenvalue weighted by atomic mass is 10.2. The van der Waals surface area contributed by atoms with Crippen molar-refractivity contribution in [2.45, 2.75) is 45.8 Å². The first-order chi connectivity index (χ1) is 13.4. The van der Waals surface area contributed by atoms with E-state index in [0.717, 1.165) is 42.9 Å². The maximum absolute atomic E-state index is 11.6. The van der Waals surface area contributed by atoms with Crippen molar-refractivity contribution in [3.8, 4) is 0 Å². The highest BCUT2D eigenvalue weighted by atomic mass is 16.6. The molecule has 0 aliphatic heterocycles. The number of aryl methyl sites for hydroxylation is 1. The Bertz CT molecular complexity index is 778. The minimum Gasteiger partial charge on any atom is -0.444 e. The molecule has 154 valence electrons. The zero-order valence-electron chi connectivity index (χ0n) is 17.3. The van der Waals surface area contributed by atoms with Crippen molar-refractivity contribution < 1.29 is 9.53 Å². The molecule has 0 bridgehead atoms. The van der Waals surface area contributed by atoms with Gasteiger partial charge in [0, 0.05) is 33.2 Å². The molecule has 28 heavy (non-hydrogen) atoms. The SMILES string of the molecule is CN=C(NCCCNC(=O)OC(C)(C)C)NCCCn1cnc2ccccc21. The number of aromatic nitrogens is 2. The molecule has 1 heterocycles. The van der Waals surface area contributed by atoms with E-state index in [1.165, 1.54) is 0 Å². The largest absolute Gasteiger partial charge is 0.444 e. The Morgan fingerprint density at radius 2 is 1.79 bits per heavy atom. The second-order valence-corrected chi connectivity index (χ2v) is 7.49. The van der Waals surface area contributed by atoms with Crippen LogP contribution in [0.5, 0.6) is 0 Å². The number of carbonyl (C=O) groups is 1. The van der Waals surface area contributed by atoms with Crippen molar-refractivity contribution in [3.05, 3.63) is 30.6 Å². The van der Waals surface area contributed by atoms with Crippen LogP contribution in [0.1, 0.15) is 33.6 Å². The fourth-order valence-electron chi connectivity index (χ4n) is 2.67. The summed E-state index contributed by atoms with van der Waals surface area (Å²) in [4.78, 5) is 20.2. The smallest absolute Gasteiger partial charge is 0.407 e. The molecule has 0 aliphatic carbocycles. The number of imidazole rings is 1. The first-order valence-corrected chi connectivity index (χ1v) is 9.70. The zero-order valence-corrected chi connectivity index (χ0v) is 17.3. The first-order valence-electron chi connectivity index (χ1n) is 9.70. The number of nitrogens with zero attached hydrogens (tertiary/aromatic N) is 3. The van der Waals surface area contributed by atoms with Gasteiger partial charge in [-0.3, -0.25) is 4.99 Å². The van der Waals surface area contributed by atoms with Crippen LogP contribution in [0, 0.1) is 0 Å². The Morgan fingerprint density at radius 1 is 1.11 bits per heavy atom. The van der Waals surface area contributed by atoms with E-state index < -0.39 is 5.60 Å². The van der Waals surface area contributed by atoms with Crippen LogP contribution in [0.2, 0.25) is 0 Å². The number of aliphatic imine (C=N–C) groups is 1. The fraction of sp³-hybridized carbons (Fsp3) is 0.550. The number of carbonyl (C=O) groups excluding carboxylic acids is 1. The highest BCUT2D eigenvalue weighted by Crippen LogP contribution is 2.11. The molecule has 3 N–H and O–H groups in total. The van der Waals surface area contributed by atoms with Gasteiger partial charge in [-0.25, -0.2) is 9.78 Å². The van der Waals surface area contributed by atoms with Crippen LogP contribution in [-0.2, 0) is 11.3 Å². The first kappa shape index (κ1) is 21.5. The number of hydrogen-bond acceptors (Lipinski definition) is 4. The molecule has 1 aromatic heterocycles. The minimum atomic E-state index is -0.475. The summed E-state index contributed by atoms with van der Waals surface area (Å²) in [6, 6.07) is 8.14. The summed E-state index contributed by atoms with van der Waals surface area (Å²) in [5, 5.41) is 9.29. The quantitative estimate of drug-likeness (QED) is 0.367. The Balaban J connectivity index is 1.58. The van der Waals surface area contributed by atoms with Crippen LogP contribution >= 0.6 is 0 Å². The Labute approximate surface area is 166 Å². The zero-order chi connectivity index (χ0) is 20.4. The van der Waals surface area contributed by atoms with E-state index in [1.54, 1.807) is 7.05 Å². The minimum absolute atomic E-state index is 0.387. The molecular weight excluding hydrogens is 356 g/mol. The molecule has 1 aromatic carbocycles. The Hall–Kier alpha value is -2.77. The lowest BCUT2D eigenvalue weighted by molar-refractivity contribution is 0.0527. The lowest BCUT2D eigenvalue weighted by Crippen LogP contribution is -2.39. The third-order valence-corrected chi connectivity index (χ3v) is 3.93. The highest BCUT2D eigenvalue weighted by molar-refractivity contribution is 5.79. The van der Waals surface area contributed by atoms with Gasteiger partial charge >= 0.3 is 6.09 Å². The molecule has 8 heteroatoms. The van der Waals surface area contributed by atoms with Gasteiger partial charge in [-0.2, -0.15) is 0 Å². The number of alkyl carbamates (subject to hydrolysis) is 1. The van der Waals surface area contributed by atoms with E-state index in [2.05, 4.69) is 36.6 Å². The normalized spacial score (nSPS) is 12.1. The van der Waals surface area contributed by atoms with Crippen LogP contribution in [0.3, 0.4) is 0 Å². The van der Waals surface area contributed by atoms with E-state index in [0.29, 0.717) is 13.1 Å². The summed E-state index contributed by atoms with van der Waals surface area (Å²) in [7, 11) is 1.75. The average Bonchev–Trinajstić information content (AvgIpc) is 3.05. The van der Waals surface area contributed by atoms with Crippen LogP contribution in [0.15, 0.2) is 35.6 Å². The predicted octanol–water partition coefficient (Wildman–Crippen LogP) is 2.51. The number of benzene rings is 1. The second-order valence-electron chi connectivity index (χ2n) is 7.49. The molecular formula is C20H32N6O2. The molecule has 0 fully saturated rings. The molecule has 0 saturated carbocycles. The van der Waals surface area contributed by atoms with E-state index >= 15 is 0 Å². The van der Waals surface area contributed by atoms with E-state index in [-0.39, 0.29) is 6.09 Å². The number of amides is 1. The lowest BCUT2D eigenvalue weighted by Gasteiger charge is -2.19. The third kappa shape index (κ3) is 7.46. The van der Waals surface area contributed by atoms with Crippen molar-refractivity contribution in [3.63, 3.8) is 0 Å². The second kappa shape index (κ2) is 10.5.